The Kier molecular flexibility index (Phi) is 4.26. The van der Waals surface area contributed by atoms with Crippen molar-refractivity contribution in [1.29, 1.82) is 0 Å². The maximum absolute atomic E-state index is 12.8. The van der Waals surface area contributed by atoms with Gasteiger partial charge in [-0.3, -0.25) is 4.79 Å². The number of amides is 1. The Morgan fingerprint density at radius 3 is 2.84 bits per heavy atom. The highest BCUT2D eigenvalue weighted by atomic mass is 32.1. The van der Waals surface area contributed by atoms with Crippen LogP contribution in [0.3, 0.4) is 0 Å². The molecule has 0 bridgehead atoms. The van der Waals surface area contributed by atoms with Crippen LogP contribution >= 0.6 is 11.3 Å². The molecule has 5 aromatic rings. The van der Waals surface area contributed by atoms with Gasteiger partial charge in [-0.15, -0.1) is 0 Å². The molecule has 3 aromatic carbocycles. The highest BCUT2D eigenvalue weighted by Crippen LogP contribution is 2.43. The predicted molar refractivity (Wildman–Crippen MR) is 127 cm³/mol. The fourth-order valence-electron chi connectivity index (χ4n) is 4.62. The molecular weight excluding hydrogens is 420 g/mol. The zero-order valence-electron chi connectivity index (χ0n) is 17.6. The van der Waals surface area contributed by atoms with Gasteiger partial charge in [0.2, 0.25) is 11.0 Å². The van der Waals surface area contributed by atoms with E-state index in [0.29, 0.717) is 12.2 Å². The molecule has 0 radical (unpaired) electrons. The van der Waals surface area contributed by atoms with E-state index in [1.807, 2.05) is 37.3 Å². The normalized spacial score (nSPS) is 15.7. The highest BCUT2D eigenvalue weighted by molar-refractivity contribution is 7.20. The molecule has 6 rings (SSSR count). The number of aromatic nitrogens is 3. The van der Waals surface area contributed by atoms with Crippen LogP contribution < -0.4 is 10.1 Å². The van der Waals surface area contributed by atoms with Gasteiger partial charge in [0.25, 0.3) is 0 Å². The van der Waals surface area contributed by atoms with Crippen LogP contribution in [0.5, 0.6) is 5.75 Å². The lowest BCUT2D eigenvalue weighted by Gasteiger charge is -2.25. The van der Waals surface area contributed by atoms with Crippen molar-refractivity contribution in [3.63, 3.8) is 0 Å². The molecule has 1 N–H and O–H groups in total. The minimum Gasteiger partial charge on any atom is -0.497 e. The van der Waals surface area contributed by atoms with E-state index in [9.17, 15) is 4.79 Å². The van der Waals surface area contributed by atoms with Gasteiger partial charge in [-0.2, -0.15) is 9.78 Å². The summed E-state index contributed by atoms with van der Waals surface area (Å²) in [4.78, 5) is 17.6. The molecule has 0 fully saturated rings. The first-order chi connectivity index (χ1) is 15.6. The van der Waals surface area contributed by atoms with Crippen molar-refractivity contribution in [2.24, 2.45) is 0 Å². The average Bonchev–Trinajstić information content (AvgIpc) is 3.38. The number of hydrogen-bond acceptors (Lipinski definition) is 5. The number of fused-ring (bicyclic) bond motifs is 3. The van der Waals surface area contributed by atoms with E-state index in [1.54, 1.807) is 11.8 Å². The number of hydrogen-bond donors (Lipinski definition) is 1. The third kappa shape index (κ3) is 2.89. The van der Waals surface area contributed by atoms with Gasteiger partial charge in [-0.25, -0.2) is 4.98 Å². The fourth-order valence-corrected chi connectivity index (χ4v) is 5.57. The summed E-state index contributed by atoms with van der Waals surface area (Å²) in [6.07, 6.45) is 0.393. The number of methoxy groups -OCH3 is 1. The number of anilines is 1. The zero-order chi connectivity index (χ0) is 21.8. The lowest BCUT2D eigenvalue weighted by Crippen LogP contribution is -2.25. The smallest absolute Gasteiger partial charge is 0.226 e. The fraction of sp³-hybridized carbons (Fsp3) is 0.160. The Bertz CT molecular complexity index is 1510. The van der Waals surface area contributed by atoms with E-state index in [2.05, 4.69) is 35.6 Å². The number of ether oxygens (including phenoxy) is 1. The summed E-state index contributed by atoms with van der Waals surface area (Å²) in [5.74, 6) is 1.42. The summed E-state index contributed by atoms with van der Waals surface area (Å²) < 4.78 is 8.13. The summed E-state index contributed by atoms with van der Waals surface area (Å²) in [6.45, 7) is 2.00. The lowest BCUT2D eigenvalue weighted by molar-refractivity contribution is -0.116. The highest BCUT2D eigenvalue weighted by Gasteiger charge is 2.34. The van der Waals surface area contributed by atoms with Crippen LogP contribution in [0.4, 0.5) is 5.82 Å². The van der Waals surface area contributed by atoms with E-state index in [4.69, 9.17) is 14.8 Å². The second kappa shape index (κ2) is 7.17. The first-order valence-corrected chi connectivity index (χ1v) is 11.3. The summed E-state index contributed by atoms with van der Waals surface area (Å²) in [6, 6.07) is 20.4. The Morgan fingerprint density at radius 1 is 1.12 bits per heavy atom. The zero-order valence-corrected chi connectivity index (χ0v) is 18.4. The standard InChI is InChI=1S/C25H20N4O2S/c1-14-23-19(18-9-5-7-15-6-3-4-8-17(15)18)13-22(30)27-24(23)29(28-14)25-26-20-11-10-16(31-2)12-21(20)32-25/h3-12,19H,13H2,1-2H3,(H,27,30)/t19-/m0/s1. The van der Waals surface area contributed by atoms with E-state index >= 15 is 0 Å². The van der Waals surface area contributed by atoms with Crippen molar-refractivity contribution < 1.29 is 9.53 Å². The molecule has 1 amide bonds. The molecule has 32 heavy (non-hydrogen) atoms. The molecule has 0 unspecified atom stereocenters. The van der Waals surface area contributed by atoms with E-state index < -0.39 is 0 Å². The van der Waals surface area contributed by atoms with E-state index in [0.717, 1.165) is 37.9 Å². The minimum absolute atomic E-state index is 0.0145. The average molecular weight is 441 g/mol. The molecule has 158 valence electrons. The van der Waals surface area contributed by atoms with Crippen LogP contribution in [-0.2, 0) is 4.79 Å². The van der Waals surface area contributed by atoms with E-state index in [-0.39, 0.29) is 11.8 Å². The Balaban J connectivity index is 1.53. The molecule has 0 spiro atoms. The van der Waals surface area contributed by atoms with Crippen molar-refractivity contribution in [1.82, 2.24) is 14.8 Å². The molecule has 3 heterocycles. The number of nitrogens with zero attached hydrogens (tertiary/aromatic N) is 3. The van der Waals surface area contributed by atoms with Crippen LogP contribution in [0.2, 0.25) is 0 Å². The number of nitrogens with one attached hydrogen (secondary N) is 1. The molecule has 0 saturated heterocycles. The summed E-state index contributed by atoms with van der Waals surface area (Å²) in [7, 11) is 1.65. The first kappa shape index (κ1) is 19.0. The van der Waals surface area contributed by atoms with Crippen molar-refractivity contribution in [3.05, 3.63) is 77.5 Å². The molecule has 2 aromatic heterocycles. The van der Waals surface area contributed by atoms with Gasteiger partial charge < -0.3 is 10.1 Å². The maximum Gasteiger partial charge on any atom is 0.226 e. The van der Waals surface area contributed by atoms with Gasteiger partial charge in [-0.1, -0.05) is 53.8 Å². The lowest BCUT2D eigenvalue weighted by atomic mass is 9.83. The molecular formula is C25H20N4O2S. The van der Waals surface area contributed by atoms with Gasteiger partial charge in [-0.05, 0) is 41.5 Å². The first-order valence-electron chi connectivity index (χ1n) is 10.4. The molecule has 1 aliphatic heterocycles. The predicted octanol–water partition coefficient (Wildman–Crippen LogP) is 5.43. The van der Waals surface area contributed by atoms with Crippen molar-refractivity contribution in [3.8, 4) is 10.9 Å². The second-order valence-electron chi connectivity index (χ2n) is 7.96. The number of carbonyl (C=O) groups excluding carboxylic acids is 1. The number of carbonyl (C=O) groups is 1. The Morgan fingerprint density at radius 2 is 1.97 bits per heavy atom. The van der Waals surface area contributed by atoms with Crippen LogP contribution in [0.15, 0.2) is 60.7 Å². The van der Waals surface area contributed by atoms with Gasteiger partial charge in [0, 0.05) is 17.9 Å². The van der Waals surface area contributed by atoms with Crippen molar-refractivity contribution in [2.75, 3.05) is 12.4 Å². The second-order valence-corrected chi connectivity index (χ2v) is 8.97. The molecule has 0 saturated carbocycles. The number of aryl methyl sites for hydroxylation is 1. The summed E-state index contributed by atoms with van der Waals surface area (Å²) >= 11 is 1.52. The number of benzene rings is 3. The van der Waals surface area contributed by atoms with Gasteiger partial charge >= 0.3 is 0 Å². The maximum atomic E-state index is 12.8. The Hall–Kier alpha value is -3.71. The third-order valence-corrected chi connectivity index (χ3v) is 7.06. The van der Waals surface area contributed by atoms with Crippen LogP contribution in [-0.4, -0.2) is 27.8 Å². The van der Waals surface area contributed by atoms with E-state index in [1.165, 1.54) is 22.1 Å². The van der Waals surface area contributed by atoms with Crippen molar-refractivity contribution in [2.45, 2.75) is 19.3 Å². The SMILES string of the molecule is COc1ccc2nc(-n3nc(C)c4c3NC(=O)C[C@H]4c3cccc4ccccc34)sc2c1. The van der Waals surface area contributed by atoms with Crippen LogP contribution in [0.25, 0.3) is 26.1 Å². The van der Waals surface area contributed by atoms with Crippen LogP contribution in [0, 0.1) is 6.92 Å². The number of rotatable bonds is 3. The molecule has 6 nitrogen and oxygen atoms in total. The van der Waals surface area contributed by atoms with Gasteiger partial charge in [0.1, 0.15) is 11.6 Å². The molecule has 1 aliphatic rings. The van der Waals surface area contributed by atoms with Gasteiger partial charge in [0.05, 0.1) is 23.0 Å². The molecule has 1 atom stereocenters. The third-order valence-electron chi connectivity index (χ3n) is 6.07. The number of thiazole rings is 1. The summed E-state index contributed by atoms with van der Waals surface area (Å²) in [5.41, 5.74) is 3.98. The molecule has 7 heteroatoms. The van der Waals surface area contributed by atoms with Crippen molar-refractivity contribution >= 4 is 44.1 Å². The van der Waals surface area contributed by atoms with Crippen LogP contribution in [0.1, 0.15) is 29.2 Å². The quantitative estimate of drug-likeness (QED) is 0.406. The largest absolute Gasteiger partial charge is 0.497 e. The summed E-state index contributed by atoms with van der Waals surface area (Å²) in [5, 5.41) is 10.9. The Labute approximate surface area is 188 Å². The topological polar surface area (TPSA) is 69.0 Å². The molecule has 0 aliphatic carbocycles. The monoisotopic (exact) mass is 440 g/mol. The van der Waals surface area contributed by atoms with Gasteiger partial charge in [0.15, 0.2) is 0 Å². The minimum atomic E-state index is -0.0620.